The van der Waals surface area contributed by atoms with Gasteiger partial charge in [0.15, 0.2) is 6.61 Å². The summed E-state index contributed by atoms with van der Waals surface area (Å²) in [5.41, 5.74) is 0.884. The number of hydrogen-bond acceptors (Lipinski definition) is 5. The van der Waals surface area contributed by atoms with E-state index in [0.717, 1.165) is 0 Å². The van der Waals surface area contributed by atoms with Gasteiger partial charge in [-0.3, -0.25) is 9.59 Å². The monoisotopic (exact) mass is 294 g/mol. The van der Waals surface area contributed by atoms with E-state index >= 15 is 0 Å². The summed E-state index contributed by atoms with van der Waals surface area (Å²) in [7, 11) is 3.08. The van der Waals surface area contributed by atoms with E-state index < -0.39 is 6.10 Å². The van der Waals surface area contributed by atoms with Crippen molar-refractivity contribution in [1.82, 2.24) is 4.90 Å². The molecule has 1 aliphatic rings. The minimum Gasteiger partial charge on any atom is -0.482 e. The van der Waals surface area contributed by atoms with Gasteiger partial charge in [-0.1, -0.05) is 0 Å². The zero-order chi connectivity index (χ0) is 15.4. The van der Waals surface area contributed by atoms with Crippen molar-refractivity contribution in [3.05, 3.63) is 23.8 Å². The zero-order valence-electron chi connectivity index (χ0n) is 12.0. The van der Waals surface area contributed by atoms with Gasteiger partial charge in [-0.25, -0.2) is 0 Å². The zero-order valence-corrected chi connectivity index (χ0v) is 12.0. The highest BCUT2D eigenvalue weighted by atomic mass is 16.5. The third-order valence-corrected chi connectivity index (χ3v) is 3.05. The number of hydrogen-bond donors (Lipinski definition) is 2. The molecule has 7 nitrogen and oxygen atoms in total. The van der Waals surface area contributed by atoms with Crippen LogP contribution < -0.4 is 10.1 Å². The van der Waals surface area contributed by atoms with E-state index in [0.29, 0.717) is 17.0 Å². The van der Waals surface area contributed by atoms with Crippen LogP contribution in [0.1, 0.15) is 10.4 Å². The second-order valence-electron chi connectivity index (χ2n) is 4.84. The Labute approximate surface area is 122 Å². The van der Waals surface area contributed by atoms with Crippen molar-refractivity contribution in [2.24, 2.45) is 0 Å². The number of nitrogens with zero attached hydrogens (tertiary/aromatic N) is 1. The second kappa shape index (κ2) is 6.55. The molecular weight excluding hydrogens is 276 g/mol. The number of amides is 2. The van der Waals surface area contributed by atoms with Crippen LogP contribution in [-0.2, 0) is 9.53 Å². The first kappa shape index (κ1) is 15.3. The molecule has 2 rings (SSSR count). The summed E-state index contributed by atoms with van der Waals surface area (Å²) < 4.78 is 10.1. The van der Waals surface area contributed by atoms with E-state index in [1.165, 1.54) is 12.0 Å². The number of carbonyl (C=O) groups is 2. The number of ether oxygens (including phenoxy) is 2. The van der Waals surface area contributed by atoms with Gasteiger partial charge in [0, 0.05) is 26.3 Å². The van der Waals surface area contributed by atoms with Gasteiger partial charge in [0.1, 0.15) is 5.75 Å². The van der Waals surface area contributed by atoms with Crippen molar-refractivity contribution in [3.63, 3.8) is 0 Å². The Kier molecular flexibility index (Phi) is 4.77. The lowest BCUT2D eigenvalue weighted by atomic mass is 10.1. The molecular formula is C14H18N2O5. The molecule has 0 bridgehead atoms. The Balaban J connectivity index is 2.09. The van der Waals surface area contributed by atoms with Crippen LogP contribution in [0.25, 0.3) is 0 Å². The van der Waals surface area contributed by atoms with Crippen LogP contribution in [0.2, 0.25) is 0 Å². The molecule has 0 saturated heterocycles. The highest BCUT2D eigenvalue weighted by molar-refractivity contribution is 5.99. The fraction of sp³-hybridized carbons (Fsp3) is 0.429. The van der Waals surface area contributed by atoms with Crippen molar-refractivity contribution in [3.8, 4) is 5.75 Å². The Morgan fingerprint density at radius 1 is 1.57 bits per heavy atom. The largest absolute Gasteiger partial charge is 0.482 e. The molecule has 1 aliphatic heterocycles. The quantitative estimate of drug-likeness (QED) is 0.804. The number of anilines is 1. The normalized spacial score (nSPS) is 14.7. The fourth-order valence-electron chi connectivity index (χ4n) is 2.08. The SMILES string of the molecule is COCC(O)CN(C)C(=O)c1ccc2c(c1)NC(=O)CO2. The van der Waals surface area contributed by atoms with E-state index in [1.54, 1.807) is 25.2 Å². The summed E-state index contributed by atoms with van der Waals surface area (Å²) in [6.07, 6.45) is -0.746. The molecule has 1 aromatic carbocycles. The number of rotatable bonds is 5. The molecule has 7 heteroatoms. The van der Waals surface area contributed by atoms with Crippen molar-refractivity contribution in [1.29, 1.82) is 0 Å². The highest BCUT2D eigenvalue weighted by Gasteiger charge is 2.20. The summed E-state index contributed by atoms with van der Waals surface area (Å²) in [5.74, 6) is 0.0250. The number of benzene rings is 1. The van der Waals surface area contributed by atoms with Gasteiger partial charge >= 0.3 is 0 Å². The van der Waals surface area contributed by atoms with Crippen molar-refractivity contribution >= 4 is 17.5 Å². The molecule has 1 heterocycles. The topological polar surface area (TPSA) is 88.1 Å². The maximum Gasteiger partial charge on any atom is 0.262 e. The van der Waals surface area contributed by atoms with Gasteiger partial charge in [-0.05, 0) is 18.2 Å². The minimum atomic E-state index is -0.746. The molecule has 1 aromatic rings. The van der Waals surface area contributed by atoms with Crippen LogP contribution in [0.5, 0.6) is 5.75 Å². The van der Waals surface area contributed by atoms with E-state index in [2.05, 4.69) is 5.32 Å². The van der Waals surface area contributed by atoms with Gasteiger partial charge < -0.3 is 24.8 Å². The van der Waals surface area contributed by atoms with Crippen LogP contribution in [0.3, 0.4) is 0 Å². The first-order chi connectivity index (χ1) is 10.0. The molecule has 0 aliphatic carbocycles. The Morgan fingerprint density at radius 2 is 2.33 bits per heavy atom. The minimum absolute atomic E-state index is 0.0244. The molecule has 0 radical (unpaired) electrons. The lowest BCUT2D eigenvalue weighted by molar-refractivity contribution is -0.118. The highest BCUT2D eigenvalue weighted by Crippen LogP contribution is 2.28. The van der Waals surface area contributed by atoms with Gasteiger partial charge in [-0.2, -0.15) is 0 Å². The lowest BCUT2D eigenvalue weighted by Crippen LogP contribution is -2.36. The second-order valence-corrected chi connectivity index (χ2v) is 4.84. The number of aliphatic hydroxyl groups is 1. The number of carbonyl (C=O) groups excluding carboxylic acids is 2. The fourth-order valence-corrected chi connectivity index (χ4v) is 2.08. The molecule has 0 spiro atoms. The number of fused-ring (bicyclic) bond motifs is 1. The number of methoxy groups -OCH3 is 1. The third-order valence-electron chi connectivity index (χ3n) is 3.05. The number of aliphatic hydroxyl groups excluding tert-OH is 1. The van der Waals surface area contributed by atoms with Crippen LogP contribution in [0.4, 0.5) is 5.69 Å². The molecule has 0 aromatic heterocycles. The number of likely N-dealkylation sites (N-methyl/N-ethyl adjacent to an activating group) is 1. The summed E-state index contributed by atoms with van der Waals surface area (Å²) in [6.45, 7) is 0.293. The summed E-state index contributed by atoms with van der Waals surface area (Å²) in [6, 6.07) is 4.83. The standard InChI is InChI=1S/C14H18N2O5/c1-16(6-10(17)7-20-2)14(19)9-3-4-12-11(5-9)15-13(18)8-21-12/h3-5,10,17H,6-8H2,1-2H3,(H,15,18). The van der Waals surface area contributed by atoms with Crippen LogP contribution in [0.15, 0.2) is 18.2 Å². The van der Waals surface area contributed by atoms with Gasteiger partial charge in [0.25, 0.3) is 11.8 Å². The molecule has 2 amide bonds. The van der Waals surface area contributed by atoms with Crippen LogP contribution in [0, 0.1) is 0 Å². The van der Waals surface area contributed by atoms with Crippen molar-refractivity contribution in [2.45, 2.75) is 6.10 Å². The molecule has 1 unspecified atom stereocenters. The Morgan fingerprint density at radius 3 is 3.05 bits per heavy atom. The molecule has 2 N–H and O–H groups in total. The molecule has 114 valence electrons. The maximum atomic E-state index is 12.3. The maximum absolute atomic E-state index is 12.3. The summed E-state index contributed by atoms with van der Waals surface area (Å²) in [4.78, 5) is 25.0. The number of nitrogens with one attached hydrogen (secondary N) is 1. The van der Waals surface area contributed by atoms with Gasteiger partial charge in [0.2, 0.25) is 0 Å². The molecule has 1 atom stereocenters. The van der Waals surface area contributed by atoms with Crippen LogP contribution >= 0.6 is 0 Å². The van der Waals surface area contributed by atoms with E-state index in [4.69, 9.17) is 9.47 Å². The van der Waals surface area contributed by atoms with Crippen LogP contribution in [-0.4, -0.2) is 61.8 Å². The van der Waals surface area contributed by atoms with Gasteiger partial charge in [0.05, 0.1) is 18.4 Å². The third kappa shape index (κ3) is 3.71. The summed E-state index contributed by atoms with van der Waals surface area (Å²) >= 11 is 0. The Hall–Kier alpha value is -2.12. The first-order valence-electron chi connectivity index (χ1n) is 6.50. The van der Waals surface area contributed by atoms with E-state index in [-0.39, 0.29) is 31.6 Å². The predicted octanol–water partition coefficient (Wildman–Crippen LogP) is 0.0968. The van der Waals surface area contributed by atoms with Crippen molar-refractivity contribution in [2.75, 3.05) is 39.2 Å². The summed E-state index contributed by atoms with van der Waals surface area (Å²) in [5, 5.41) is 12.3. The van der Waals surface area contributed by atoms with Gasteiger partial charge in [-0.15, -0.1) is 0 Å². The molecule has 21 heavy (non-hydrogen) atoms. The average molecular weight is 294 g/mol. The predicted molar refractivity (Wildman–Crippen MR) is 75.4 cm³/mol. The average Bonchev–Trinajstić information content (AvgIpc) is 2.45. The Bertz CT molecular complexity index is 546. The first-order valence-corrected chi connectivity index (χ1v) is 6.50. The van der Waals surface area contributed by atoms with E-state index in [9.17, 15) is 14.7 Å². The van der Waals surface area contributed by atoms with E-state index in [1.807, 2.05) is 0 Å². The smallest absolute Gasteiger partial charge is 0.262 e. The molecule has 0 saturated carbocycles. The lowest BCUT2D eigenvalue weighted by Gasteiger charge is -2.22. The molecule has 0 fully saturated rings. The van der Waals surface area contributed by atoms with Crippen molar-refractivity contribution < 1.29 is 24.2 Å².